The lowest BCUT2D eigenvalue weighted by atomic mass is 10.0. The molecule has 0 spiro atoms. The second-order valence-corrected chi connectivity index (χ2v) is 8.77. The summed E-state index contributed by atoms with van der Waals surface area (Å²) in [5.74, 6) is 1.02. The molecule has 0 aliphatic carbocycles. The average molecular weight is 412 g/mol. The summed E-state index contributed by atoms with van der Waals surface area (Å²) in [7, 11) is 4.20. The topological polar surface area (TPSA) is 50.3 Å². The van der Waals surface area contributed by atoms with Gasteiger partial charge >= 0.3 is 0 Å². The zero-order valence-corrected chi connectivity index (χ0v) is 18.0. The van der Waals surface area contributed by atoms with E-state index in [4.69, 9.17) is 4.42 Å². The van der Waals surface area contributed by atoms with Crippen LogP contribution in [0.15, 0.2) is 63.5 Å². The standard InChI is InChI=1S/C22H29N5OS/c1-25(14-12-18-7-4-3-5-8-18)19-9-6-13-27(15-19)16-20-10-11-21(28-20)29-22-24-23-17-26(22)2/h3-5,7-8,10-11,17,19H,6,9,12-16H2,1-2H3. The van der Waals surface area contributed by atoms with Crippen molar-refractivity contribution < 1.29 is 4.42 Å². The van der Waals surface area contributed by atoms with Crippen molar-refractivity contribution in [2.45, 2.75) is 42.1 Å². The molecule has 154 valence electrons. The van der Waals surface area contributed by atoms with Crippen molar-refractivity contribution in [1.82, 2.24) is 24.6 Å². The number of benzene rings is 1. The molecule has 1 saturated heterocycles. The highest BCUT2D eigenvalue weighted by Crippen LogP contribution is 2.28. The van der Waals surface area contributed by atoms with Crippen molar-refractivity contribution in [2.75, 3.05) is 26.7 Å². The molecule has 3 heterocycles. The molecular formula is C22H29N5OS. The van der Waals surface area contributed by atoms with Crippen molar-refractivity contribution in [3.63, 3.8) is 0 Å². The second kappa shape index (κ2) is 9.61. The zero-order valence-electron chi connectivity index (χ0n) is 17.2. The molecule has 1 aliphatic rings. The Bertz CT molecular complexity index is 894. The molecule has 0 saturated carbocycles. The minimum atomic E-state index is 0.606. The molecule has 29 heavy (non-hydrogen) atoms. The molecule has 1 aliphatic heterocycles. The van der Waals surface area contributed by atoms with Gasteiger partial charge in [-0.2, -0.15) is 0 Å². The fourth-order valence-electron chi connectivity index (χ4n) is 3.84. The fourth-order valence-corrected chi connectivity index (χ4v) is 4.58. The predicted octanol–water partition coefficient (Wildman–Crippen LogP) is 3.70. The van der Waals surface area contributed by atoms with Crippen LogP contribution in [0.3, 0.4) is 0 Å². The Labute approximate surface area is 176 Å². The van der Waals surface area contributed by atoms with Gasteiger partial charge in [-0.15, -0.1) is 10.2 Å². The van der Waals surface area contributed by atoms with Gasteiger partial charge in [-0.05, 0) is 62.3 Å². The lowest BCUT2D eigenvalue weighted by molar-refractivity contribution is 0.106. The summed E-state index contributed by atoms with van der Waals surface area (Å²) in [6.07, 6.45) is 5.32. The van der Waals surface area contributed by atoms with Crippen molar-refractivity contribution in [2.24, 2.45) is 7.05 Å². The molecule has 4 rings (SSSR count). The summed E-state index contributed by atoms with van der Waals surface area (Å²) in [5, 5.41) is 9.72. The number of likely N-dealkylation sites (tertiary alicyclic amines) is 1. The van der Waals surface area contributed by atoms with Crippen LogP contribution < -0.4 is 0 Å². The Morgan fingerprint density at radius 1 is 1.21 bits per heavy atom. The number of hydrogen-bond acceptors (Lipinski definition) is 6. The minimum absolute atomic E-state index is 0.606. The zero-order chi connectivity index (χ0) is 20.1. The molecule has 0 bridgehead atoms. The number of nitrogens with zero attached hydrogens (tertiary/aromatic N) is 5. The quantitative estimate of drug-likeness (QED) is 0.563. The van der Waals surface area contributed by atoms with Gasteiger partial charge < -0.3 is 13.9 Å². The van der Waals surface area contributed by atoms with Gasteiger partial charge in [0.25, 0.3) is 0 Å². The van der Waals surface area contributed by atoms with E-state index in [1.165, 1.54) is 30.2 Å². The van der Waals surface area contributed by atoms with Crippen LogP contribution in [0.2, 0.25) is 0 Å². The van der Waals surface area contributed by atoms with E-state index < -0.39 is 0 Å². The predicted molar refractivity (Wildman–Crippen MR) is 115 cm³/mol. The van der Waals surface area contributed by atoms with Gasteiger partial charge in [-0.25, -0.2) is 0 Å². The Hall–Kier alpha value is -2.09. The summed E-state index contributed by atoms with van der Waals surface area (Å²) >= 11 is 1.51. The van der Waals surface area contributed by atoms with E-state index in [1.54, 1.807) is 6.33 Å². The van der Waals surface area contributed by atoms with E-state index in [0.717, 1.165) is 48.6 Å². The van der Waals surface area contributed by atoms with Gasteiger partial charge in [-0.3, -0.25) is 4.90 Å². The van der Waals surface area contributed by atoms with Crippen LogP contribution in [0.25, 0.3) is 0 Å². The summed E-state index contributed by atoms with van der Waals surface area (Å²) in [6.45, 7) is 4.19. The lowest BCUT2D eigenvalue weighted by Gasteiger charge is -2.37. The number of likely N-dealkylation sites (N-methyl/N-ethyl adjacent to an activating group) is 1. The molecule has 1 unspecified atom stereocenters. The number of piperidine rings is 1. The van der Waals surface area contributed by atoms with Crippen molar-refractivity contribution in [3.8, 4) is 0 Å². The molecule has 7 heteroatoms. The maximum Gasteiger partial charge on any atom is 0.198 e. The second-order valence-electron chi connectivity index (χ2n) is 7.79. The van der Waals surface area contributed by atoms with Crippen LogP contribution in [0.4, 0.5) is 0 Å². The first-order valence-electron chi connectivity index (χ1n) is 10.2. The molecule has 0 radical (unpaired) electrons. The highest BCUT2D eigenvalue weighted by atomic mass is 32.2. The first-order chi connectivity index (χ1) is 14.2. The highest BCUT2D eigenvalue weighted by Gasteiger charge is 2.24. The summed E-state index contributed by atoms with van der Waals surface area (Å²) < 4.78 is 7.94. The van der Waals surface area contributed by atoms with Crippen LogP contribution in [0, 0.1) is 0 Å². The molecule has 1 aromatic carbocycles. The number of hydrogen-bond donors (Lipinski definition) is 0. The SMILES string of the molecule is CN(CCc1ccccc1)C1CCCN(Cc2ccc(Sc3nncn3C)o2)C1. The fraction of sp³-hybridized carbons (Fsp3) is 0.455. The van der Waals surface area contributed by atoms with Gasteiger partial charge in [0.1, 0.15) is 12.1 Å². The van der Waals surface area contributed by atoms with Crippen LogP contribution in [-0.4, -0.2) is 57.3 Å². The van der Waals surface area contributed by atoms with Gasteiger partial charge in [0.05, 0.1) is 6.54 Å². The van der Waals surface area contributed by atoms with E-state index in [9.17, 15) is 0 Å². The Morgan fingerprint density at radius 2 is 2.07 bits per heavy atom. The lowest BCUT2D eigenvalue weighted by Crippen LogP contribution is -2.46. The Morgan fingerprint density at radius 3 is 2.86 bits per heavy atom. The van der Waals surface area contributed by atoms with E-state index in [2.05, 4.69) is 63.4 Å². The monoisotopic (exact) mass is 411 g/mol. The van der Waals surface area contributed by atoms with Gasteiger partial charge in [0, 0.05) is 26.2 Å². The molecule has 3 aromatic rings. The minimum Gasteiger partial charge on any atom is -0.453 e. The van der Waals surface area contributed by atoms with Gasteiger partial charge in [0.2, 0.25) is 0 Å². The van der Waals surface area contributed by atoms with E-state index >= 15 is 0 Å². The third kappa shape index (κ3) is 5.50. The smallest absolute Gasteiger partial charge is 0.198 e. The highest BCUT2D eigenvalue weighted by molar-refractivity contribution is 7.99. The maximum absolute atomic E-state index is 6.04. The van der Waals surface area contributed by atoms with Crippen LogP contribution in [-0.2, 0) is 20.0 Å². The Balaban J connectivity index is 1.28. The number of rotatable bonds is 8. The first kappa shape index (κ1) is 20.2. The molecule has 1 fully saturated rings. The van der Waals surface area contributed by atoms with Crippen molar-refractivity contribution >= 4 is 11.8 Å². The summed E-state index contributed by atoms with van der Waals surface area (Å²) in [5.41, 5.74) is 1.41. The number of aryl methyl sites for hydroxylation is 1. The van der Waals surface area contributed by atoms with Crippen molar-refractivity contribution in [1.29, 1.82) is 0 Å². The largest absolute Gasteiger partial charge is 0.453 e. The average Bonchev–Trinajstić information content (AvgIpc) is 3.36. The van der Waals surface area contributed by atoms with E-state index in [0.29, 0.717) is 6.04 Å². The molecule has 0 N–H and O–H groups in total. The van der Waals surface area contributed by atoms with Crippen LogP contribution in [0.1, 0.15) is 24.2 Å². The van der Waals surface area contributed by atoms with E-state index in [-0.39, 0.29) is 0 Å². The Kier molecular flexibility index (Phi) is 6.69. The normalized spacial score (nSPS) is 17.8. The third-order valence-electron chi connectivity index (χ3n) is 5.58. The summed E-state index contributed by atoms with van der Waals surface area (Å²) in [4.78, 5) is 5.04. The maximum atomic E-state index is 6.04. The summed E-state index contributed by atoms with van der Waals surface area (Å²) in [6, 6.07) is 15.5. The molecular weight excluding hydrogens is 382 g/mol. The molecule has 0 amide bonds. The first-order valence-corrected chi connectivity index (χ1v) is 11.1. The van der Waals surface area contributed by atoms with Gasteiger partial charge in [0.15, 0.2) is 10.2 Å². The third-order valence-corrected chi connectivity index (χ3v) is 6.55. The van der Waals surface area contributed by atoms with Crippen molar-refractivity contribution in [3.05, 3.63) is 60.1 Å². The molecule has 2 aromatic heterocycles. The molecule has 1 atom stereocenters. The van der Waals surface area contributed by atoms with Crippen LogP contribution >= 0.6 is 11.8 Å². The van der Waals surface area contributed by atoms with E-state index in [1.807, 2.05) is 17.7 Å². The number of furan rings is 1. The number of aromatic nitrogens is 3. The van der Waals surface area contributed by atoms with Crippen LogP contribution in [0.5, 0.6) is 0 Å². The van der Waals surface area contributed by atoms with Gasteiger partial charge in [-0.1, -0.05) is 30.3 Å². The molecule has 6 nitrogen and oxygen atoms in total.